The van der Waals surface area contributed by atoms with E-state index in [0.717, 1.165) is 12.1 Å². The minimum atomic E-state index is -0.524. The fourth-order valence-electron chi connectivity index (χ4n) is 1.75. The molecule has 1 aromatic rings. The lowest BCUT2D eigenvalue weighted by Crippen LogP contribution is -2.28. The summed E-state index contributed by atoms with van der Waals surface area (Å²) in [7, 11) is 1.64. The molecule has 2 atom stereocenters. The molecule has 0 aliphatic heterocycles. The maximum absolute atomic E-state index is 9.83. The molecule has 0 aliphatic carbocycles. The molecule has 0 aromatic heterocycles. The number of methoxy groups -OCH3 is 1. The van der Waals surface area contributed by atoms with Gasteiger partial charge in [-0.1, -0.05) is 19.1 Å². The predicted octanol–water partition coefficient (Wildman–Crippen LogP) is 2.07. The van der Waals surface area contributed by atoms with Crippen molar-refractivity contribution in [1.82, 2.24) is 0 Å². The van der Waals surface area contributed by atoms with Crippen LogP contribution in [0.25, 0.3) is 0 Å². The Labute approximate surface area is 115 Å². The summed E-state index contributed by atoms with van der Waals surface area (Å²) in [5.74, 6) is 0. The molecule has 1 aromatic carbocycles. The van der Waals surface area contributed by atoms with Crippen LogP contribution in [-0.4, -0.2) is 44.2 Å². The molecule has 0 saturated heterocycles. The molecule has 0 heterocycles. The van der Waals surface area contributed by atoms with E-state index in [4.69, 9.17) is 9.47 Å². The largest absolute Gasteiger partial charge is 0.389 e. The van der Waals surface area contributed by atoms with Gasteiger partial charge in [-0.25, -0.2) is 0 Å². The number of rotatable bonds is 9. The number of aryl methyl sites for hydroxylation is 1. The van der Waals surface area contributed by atoms with Crippen LogP contribution >= 0.6 is 0 Å². The van der Waals surface area contributed by atoms with Crippen molar-refractivity contribution in [3.05, 3.63) is 29.8 Å². The molecule has 0 saturated carbocycles. The van der Waals surface area contributed by atoms with Gasteiger partial charge in [0.1, 0.15) is 0 Å². The summed E-state index contributed by atoms with van der Waals surface area (Å²) in [6.45, 7) is 5.38. The fraction of sp³-hybridized carbons (Fsp3) is 0.600. The highest BCUT2D eigenvalue weighted by Gasteiger charge is 2.08. The molecule has 0 amide bonds. The monoisotopic (exact) mass is 267 g/mol. The van der Waals surface area contributed by atoms with Crippen LogP contribution in [0.2, 0.25) is 0 Å². The summed E-state index contributed by atoms with van der Waals surface area (Å²) < 4.78 is 10.4. The Kier molecular flexibility index (Phi) is 7.48. The number of ether oxygens (including phenoxy) is 2. The first kappa shape index (κ1) is 16.0. The van der Waals surface area contributed by atoms with E-state index in [1.54, 1.807) is 7.11 Å². The minimum absolute atomic E-state index is 0.00284. The van der Waals surface area contributed by atoms with Crippen molar-refractivity contribution in [2.24, 2.45) is 0 Å². The number of hydrogen-bond acceptors (Lipinski definition) is 4. The van der Waals surface area contributed by atoms with Crippen molar-refractivity contribution in [1.29, 1.82) is 0 Å². The first-order chi connectivity index (χ1) is 9.15. The summed E-state index contributed by atoms with van der Waals surface area (Å²) in [6, 6.07) is 8.21. The third-order valence-electron chi connectivity index (χ3n) is 2.85. The molecule has 0 spiro atoms. The lowest BCUT2D eigenvalue weighted by atomic mass is 10.1. The van der Waals surface area contributed by atoms with Crippen molar-refractivity contribution < 1.29 is 14.6 Å². The summed E-state index contributed by atoms with van der Waals surface area (Å²) in [4.78, 5) is 0. The SMILES string of the molecule is CCc1cccc(NCC(O)COC(C)COC)c1. The molecule has 4 heteroatoms. The van der Waals surface area contributed by atoms with Crippen molar-refractivity contribution >= 4 is 5.69 Å². The van der Waals surface area contributed by atoms with E-state index in [1.165, 1.54) is 5.56 Å². The summed E-state index contributed by atoms with van der Waals surface area (Å²) in [5.41, 5.74) is 2.31. The number of nitrogens with one attached hydrogen (secondary N) is 1. The molecule has 0 aliphatic rings. The topological polar surface area (TPSA) is 50.7 Å². The van der Waals surface area contributed by atoms with Crippen molar-refractivity contribution in [3.8, 4) is 0 Å². The maximum Gasteiger partial charge on any atom is 0.0945 e. The van der Waals surface area contributed by atoms with Gasteiger partial charge in [-0.15, -0.1) is 0 Å². The van der Waals surface area contributed by atoms with Gasteiger partial charge >= 0.3 is 0 Å². The average Bonchev–Trinajstić information content (AvgIpc) is 2.43. The van der Waals surface area contributed by atoms with Gasteiger partial charge in [0.25, 0.3) is 0 Å². The quantitative estimate of drug-likeness (QED) is 0.719. The van der Waals surface area contributed by atoms with E-state index >= 15 is 0 Å². The van der Waals surface area contributed by atoms with E-state index in [9.17, 15) is 5.11 Å². The summed E-state index contributed by atoms with van der Waals surface area (Å²) >= 11 is 0. The lowest BCUT2D eigenvalue weighted by molar-refractivity contribution is -0.0282. The van der Waals surface area contributed by atoms with Gasteiger partial charge in [0.15, 0.2) is 0 Å². The molecule has 0 radical (unpaired) electrons. The van der Waals surface area contributed by atoms with Crippen molar-refractivity contribution in [2.75, 3.05) is 32.2 Å². The van der Waals surface area contributed by atoms with Crippen LogP contribution in [0.1, 0.15) is 19.4 Å². The molecular weight excluding hydrogens is 242 g/mol. The molecule has 0 bridgehead atoms. The smallest absolute Gasteiger partial charge is 0.0945 e. The second kappa shape index (κ2) is 8.91. The van der Waals surface area contributed by atoms with Gasteiger partial charge in [0.2, 0.25) is 0 Å². The summed E-state index contributed by atoms with van der Waals surface area (Å²) in [6.07, 6.45) is 0.489. The molecule has 0 fully saturated rings. The normalized spacial score (nSPS) is 14.1. The van der Waals surface area contributed by atoms with E-state index in [-0.39, 0.29) is 6.10 Å². The lowest BCUT2D eigenvalue weighted by Gasteiger charge is -2.17. The predicted molar refractivity (Wildman–Crippen MR) is 77.6 cm³/mol. The first-order valence-corrected chi connectivity index (χ1v) is 6.77. The average molecular weight is 267 g/mol. The maximum atomic E-state index is 9.83. The van der Waals surface area contributed by atoms with Gasteiger partial charge in [0.05, 0.1) is 25.4 Å². The fourth-order valence-corrected chi connectivity index (χ4v) is 1.75. The van der Waals surface area contributed by atoms with Crippen molar-refractivity contribution in [2.45, 2.75) is 32.5 Å². The Hall–Kier alpha value is -1.10. The Balaban J connectivity index is 2.27. The third-order valence-corrected chi connectivity index (χ3v) is 2.85. The van der Waals surface area contributed by atoms with E-state index in [2.05, 4.69) is 24.4 Å². The van der Waals surface area contributed by atoms with Crippen LogP contribution in [0.15, 0.2) is 24.3 Å². The third kappa shape index (κ3) is 6.57. The zero-order valence-electron chi connectivity index (χ0n) is 12.1. The van der Waals surface area contributed by atoms with Gasteiger partial charge in [-0.3, -0.25) is 0 Å². The van der Waals surface area contributed by atoms with Crippen molar-refractivity contribution in [3.63, 3.8) is 0 Å². The highest BCUT2D eigenvalue weighted by Crippen LogP contribution is 2.11. The van der Waals surface area contributed by atoms with E-state index in [1.807, 2.05) is 19.1 Å². The van der Waals surface area contributed by atoms with Crippen LogP contribution in [0.5, 0.6) is 0 Å². The zero-order chi connectivity index (χ0) is 14.1. The van der Waals surface area contributed by atoms with E-state index < -0.39 is 6.10 Å². The van der Waals surface area contributed by atoms with Crippen LogP contribution in [0.4, 0.5) is 5.69 Å². The Morgan fingerprint density at radius 3 is 2.79 bits per heavy atom. The number of benzene rings is 1. The minimum Gasteiger partial charge on any atom is -0.389 e. The number of hydrogen-bond donors (Lipinski definition) is 2. The Morgan fingerprint density at radius 2 is 2.11 bits per heavy atom. The molecule has 4 nitrogen and oxygen atoms in total. The van der Waals surface area contributed by atoms with Crippen LogP contribution in [-0.2, 0) is 15.9 Å². The van der Waals surface area contributed by atoms with Gasteiger partial charge in [-0.2, -0.15) is 0 Å². The molecule has 108 valence electrons. The number of anilines is 1. The molecule has 1 rings (SSSR count). The molecule has 19 heavy (non-hydrogen) atoms. The summed E-state index contributed by atoms with van der Waals surface area (Å²) in [5, 5.41) is 13.0. The van der Waals surface area contributed by atoms with Crippen LogP contribution in [0, 0.1) is 0 Å². The van der Waals surface area contributed by atoms with Gasteiger partial charge in [0, 0.05) is 19.3 Å². The standard InChI is InChI=1S/C15H25NO3/c1-4-13-6-5-7-14(8-13)16-9-15(17)11-19-12(2)10-18-3/h5-8,12,15-17H,4,9-11H2,1-3H3. The van der Waals surface area contributed by atoms with Gasteiger partial charge in [-0.05, 0) is 31.0 Å². The number of aliphatic hydroxyl groups excluding tert-OH is 1. The van der Waals surface area contributed by atoms with Crippen LogP contribution < -0.4 is 5.32 Å². The second-order valence-electron chi connectivity index (χ2n) is 4.69. The number of aliphatic hydroxyl groups is 1. The van der Waals surface area contributed by atoms with Gasteiger partial charge < -0.3 is 19.9 Å². The first-order valence-electron chi connectivity index (χ1n) is 6.77. The molecule has 2 N–H and O–H groups in total. The van der Waals surface area contributed by atoms with E-state index in [0.29, 0.717) is 19.8 Å². The second-order valence-corrected chi connectivity index (χ2v) is 4.69. The zero-order valence-corrected chi connectivity index (χ0v) is 12.1. The molecule has 2 unspecified atom stereocenters. The van der Waals surface area contributed by atoms with Crippen LogP contribution in [0.3, 0.4) is 0 Å². The highest BCUT2D eigenvalue weighted by atomic mass is 16.5. The highest BCUT2D eigenvalue weighted by molar-refractivity contribution is 5.45. The Bertz CT molecular complexity index is 357. The Morgan fingerprint density at radius 1 is 1.32 bits per heavy atom. The molecular formula is C15H25NO3.